The largest absolute Gasteiger partial charge is 0.418 e. The lowest BCUT2D eigenvalue weighted by Crippen LogP contribution is -2.09. The van der Waals surface area contributed by atoms with E-state index in [0.29, 0.717) is 21.3 Å². The molecule has 0 aromatic heterocycles. The second-order valence-corrected chi connectivity index (χ2v) is 5.32. The molecule has 22 heavy (non-hydrogen) atoms. The molecule has 0 spiro atoms. The maximum atomic E-state index is 12.9. The minimum absolute atomic E-state index is 0.132. The lowest BCUT2D eigenvalue weighted by Gasteiger charge is -2.12. The van der Waals surface area contributed by atoms with E-state index < -0.39 is 11.7 Å². The predicted octanol–water partition coefficient (Wildman–Crippen LogP) is 5.85. The molecule has 0 saturated heterocycles. The van der Waals surface area contributed by atoms with E-state index in [4.69, 9.17) is 23.2 Å². The molecule has 2 aromatic rings. The summed E-state index contributed by atoms with van der Waals surface area (Å²) in [5.41, 5.74) is 2.48. The summed E-state index contributed by atoms with van der Waals surface area (Å²) in [6.07, 6.45) is -4.46. The van der Waals surface area contributed by atoms with Gasteiger partial charge in [0.15, 0.2) is 0 Å². The zero-order chi connectivity index (χ0) is 16.3. The van der Waals surface area contributed by atoms with Gasteiger partial charge in [-0.15, -0.1) is 0 Å². The number of alkyl halides is 3. The van der Waals surface area contributed by atoms with Crippen LogP contribution in [0.2, 0.25) is 10.0 Å². The summed E-state index contributed by atoms with van der Waals surface area (Å²) in [6, 6.07) is 9.92. The number of benzene rings is 2. The van der Waals surface area contributed by atoms with Crippen LogP contribution in [0.5, 0.6) is 0 Å². The quantitative estimate of drug-likeness (QED) is 0.547. The molecule has 0 unspecified atom stereocenters. The van der Waals surface area contributed by atoms with Crippen molar-refractivity contribution in [2.75, 3.05) is 5.43 Å². The Morgan fingerprint density at radius 2 is 1.77 bits per heavy atom. The molecule has 0 aliphatic rings. The van der Waals surface area contributed by atoms with Gasteiger partial charge in [0.1, 0.15) is 0 Å². The number of hydrazone groups is 1. The molecule has 0 aliphatic carbocycles. The van der Waals surface area contributed by atoms with Crippen LogP contribution >= 0.6 is 23.2 Å². The zero-order valence-corrected chi connectivity index (χ0v) is 12.9. The van der Waals surface area contributed by atoms with Gasteiger partial charge in [-0.25, -0.2) is 0 Å². The molecule has 0 amide bonds. The Balaban J connectivity index is 2.31. The molecule has 2 aromatic carbocycles. The van der Waals surface area contributed by atoms with E-state index in [2.05, 4.69) is 10.5 Å². The van der Waals surface area contributed by atoms with Gasteiger partial charge in [-0.3, -0.25) is 5.43 Å². The van der Waals surface area contributed by atoms with Crippen molar-refractivity contribution in [1.29, 1.82) is 0 Å². The number of nitrogens with one attached hydrogen (secondary N) is 1. The number of para-hydroxylation sites is 1. The molecule has 7 heteroatoms. The lowest BCUT2D eigenvalue weighted by atomic mass is 10.1. The van der Waals surface area contributed by atoms with Crippen molar-refractivity contribution in [1.82, 2.24) is 0 Å². The van der Waals surface area contributed by atoms with Crippen LogP contribution in [0.3, 0.4) is 0 Å². The Bertz CT molecular complexity index is 712. The van der Waals surface area contributed by atoms with Gasteiger partial charge >= 0.3 is 6.18 Å². The summed E-state index contributed by atoms with van der Waals surface area (Å²) in [4.78, 5) is 0. The van der Waals surface area contributed by atoms with Gasteiger partial charge in [0.2, 0.25) is 0 Å². The zero-order valence-electron chi connectivity index (χ0n) is 11.4. The van der Waals surface area contributed by atoms with E-state index in [-0.39, 0.29) is 5.69 Å². The standard InChI is InChI=1S/C15H11Cl2F3N2/c1-9(11-8-10(16)6-7-13(11)17)21-22-14-5-3-2-4-12(14)15(18,19)20/h2-8,22H,1H3/b21-9+. The fraction of sp³-hybridized carbons (Fsp3) is 0.133. The van der Waals surface area contributed by atoms with Gasteiger partial charge in [-0.05, 0) is 37.3 Å². The van der Waals surface area contributed by atoms with Crippen LogP contribution in [0.4, 0.5) is 18.9 Å². The average Bonchev–Trinajstić information content (AvgIpc) is 2.46. The third-order valence-electron chi connectivity index (χ3n) is 2.89. The topological polar surface area (TPSA) is 24.4 Å². The van der Waals surface area contributed by atoms with Crippen molar-refractivity contribution in [2.24, 2.45) is 5.10 Å². The lowest BCUT2D eigenvalue weighted by molar-refractivity contribution is -0.136. The molecule has 0 saturated carbocycles. The first-order valence-corrected chi connectivity index (χ1v) is 6.96. The molecule has 0 radical (unpaired) electrons. The van der Waals surface area contributed by atoms with Gasteiger partial charge in [-0.1, -0.05) is 35.3 Å². The van der Waals surface area contributed by atoms with E-state index in [9.17, 15) is 13.2 Å². The van der Waals surface area contributed by atoms with E-state index in [1.165, 1.54) is 18.2 Å². The highest BCUT2D eigenvalue weighted by Gasteiger charge is 2.33. The molecule has 0 fully saturated rings. The summed E-state index contributed by atoms with van der Waals surface area (Å²) in [5, 5.41) is 4.84. The van der Waals surface area contributed by atoms with Crippen molar-refractivity contribution in [3.63, 3.8) is 0 Å². The number of rotatable bonds is 3. The van der Waals surface area contributed by atoms with E-state index in [1.54, 1.807) is 25.1 Å². The fourth-order valence-electron chi connectivity index (χ4n) is 1.81. The van der Waals surface area contributed by atoms with E-state index in [0.717, 1.165) is 6.07 Å². The number of anilines is 1. The smallest absolute Gasteiger partial charge is 0.278 e. The van der Waals surface area contributed by atoms with Crippen LogP contribution in [-0.4, -0.2) is 5.71 Å². The Kier molecular flexibility index (Phi) is 4.98. The number of hydrogen-bond acceptors (Lipinski definition) is 2. The minimum Gasteiger partial charge on any atom is -0.278 e. The molecule has 0 aliphatic heterocycles. The third kappa shape index (κ3) is 3.93. The van der Waals surface area contributed by atoms with Crippen LogP contribution in [0.1, 0.15) is 18.1 Å². The normalized spacial score (nSPS) is 12.4. The molecule has 0 bridgehead atoms. The first kappa shape index (κ1) is 16.6. The Hall–Kier alpha value is -1.72. The summed E-state index contributed by atoms with van der Waals surface area (Å²) in [6.45, 7) is 1.63. The molecule has 0 atom stereocenters. The average molecular weight is 347 g/mol. The molecule has 1 N–H and O–H groups in total. The predicted molar refractivity (Wildman–Crippen MR) is 83.7 cm³/mol. The Morgan fingerprint density at radius 1 is 1.09 bits per heavy atom. The van der Waals surface area contributed by atoms with Gasteiger partial charge in [-0.2, -0.15) is 18.3 Å². The first-order chi connectivity index (χ1) is 10.3. The van der Waals surface area contributed by atoms with Gasteiger partial charge in [0.05, 0.1) is 17.0 Å². The number of nitrogens with zero attached hydrogens (tertiary/aromatic N) is 1. The van der Waals surface area contributed by atoms with E-state index >= 15 is 0 Å². The van der Waals surface area contributed by atoms with Crippen molar-refractivity contribution < 1.29 is 13.2 Å². The summed E-state index contributed by atoms with van der Waals surface area (Å²) in [5.74, 6) is 0. The molecule has 0 heterocycles. The molecule has 2 nitrogen and oxygen atoms in total. The first-order valence-electron chi connectivity index (χ1n) is 6.21. The summed E-state index contributed by atoms with van der Waals surface area (Å²) < 4.78 is 38.7. The second-order valence-electron chi connectivity index (χ2n) is 4.48. The summed E-state index contributed by atoms with van der Waals surface area (Å²) >= 11 is 11.9. The van der Waals surface area contributed by atoms with E-state index in [1.807, 2.05) is 0 Å². The van der Waals surface area contributed by atoms with Crippen LogP contribution in [-0.2, 0) is 6.18 Å². The van der Waals surface area contributed by atoms with Crippen molar-refractivity contribution in [3.8, 4) is 0 Å². The molecule has 2 rings (SSSR count). The van der Waals surface area contributed by atoms with Gasteiger partial charge < -0.3 is 0 Å². The third-order valence-corrected chi connectivity index (χ3v) is 3.46. The van der Waals surface area contributed by atoms with Crippen LogP contribution in [0.25, 0.3) is 0 Å². The van der Waals surface area contributed by atoms with Gasteiger partial charge in [0, 0.05) is 15.6 Å². The number of hydrogen-bond donors (Lipinski definition) is 1. The SMILES string of the molecule is C/C(=N\Nc1ccccc1C(F)(F)F)c1cc(Cl)ccc1Cl. The molecular weight excluding hydrogens is 336 g/mol. The van der Waals surface area contributed by atoms with Crippen molar-refractivity contribution in [3.05, 3.63) is 63.6 Å². The second kappa shape index (κ2) is 6.58. The molecule has 116 valence electrons. The van der Waals surface area contributed by atoms with Crippen molar-refractivity contribution >= 4 is 34.6 Å². The fourth-order valence-corrected chi connectivity index (χ4v) is 2.23. The maximum absolute atomic E-state index is 12.9. The highest BCUT2D eigenvalue weighted by atomic mass is 35.5. The summed E-state index contributed by atoms with van der Waals surface area (Å²) in [7, 11) is 0. The number of halogens is 5. The van der Waals surface area contributed by atoms with Crippen LogP contribution in [0.15, 0.2) is 47.6 Å². The molecular formula is C15H11Cl2F3N2. The minimum atomic E-state index is -4.46. The Labute approximate surface area is 135 Å². The monoisotopic (exact) mass is 346 g/mol. The van der Waals surface area contributed by atoms with Crippen LogP contribution in [0, 0.1) is 0 Å². The highest BCUT2D eigenvalue weighted by molar-refractivity contribution is 6.36. The van der Waals surface area contributed by atoms with Crippen LogP contribution < -0.4 is 5.43 Å². The van der Waals surface area contributed by atoms with Gasteiger partial charge in [0.25, 0.3) is 0 Å². The Morgan fingerprint density at radius 3 is 2.45 bits per heavy atom. The highest BCUT2D eigenvalue weighted by Crippen LogP contribution is 2.34. The maximum Gasteiger partial charge on any atom is 0.418 e. The van der Waals surface area contributed by atoms with Crippen molar-refractivity contribution in [2.45, 2.75) is 13.1 Å².